The SMILES string of the molecule is CCc1ccc(C(=O)N(C)Cc2ccc(OC)c(F)c2)o1. The smallest absolute Gasteiger partial charge is 0.289 e. The standard InChI is InChI=1S/C16H18FNO3/c1-4-12-6-8-15(21-12)16(19)18(2)10-11-5-7-14(20-3)13(17)9-11/h5-9H,4,10H2,1-3H3. The lowest BCUT2D eigenvalue weighted by atomic mass is 10.2. The number of carbonyl (C=O) groups is 1. The van der Waals surface area contributed by atoms with Crippen molar-refractivity contribution in [2.24, 2.45) is 0 Å². The third-order valence-corrected chi connectivity index (χ3v) is 3.20. The van der Waals surface area contributed by atoms with Crippen molar-refractivity contribution in [1.29, 1.82) is 0 Å². The van der Waals surface area contributed by atoms with Gasteiger partial charge in [0.2, 0.25) is 0 Å². The molecule has 2 aromatic rings. The number of methoxy groups -OCH3 is 1. The van der Waals surface area contributed by atoms with Crippen molar-refractivity contribution in [1.82, 2.24) is 4.90 Å². The summed E-state index contributed by atoms with van der Waals surface area (Å²) in [6.07, 6.45) is 0.737. The molecule has 0 unspecified atom stereocenters. The Bertz CT molecular complexity index is 636. The van der Waals surface area contributed by atoms with Crippen LogP contribution in [0.2, 0.25) is 0 Å². The Morgan fingerprint density at radius 3 is 2.67 bits per heavy atom. The highest BCUT2D eigenvalue weighted by molar-refractivity contribution is 5.91. The topological polar surface area (TPSA) is 42.7 Å². The highest BCUT2D eigenvalue weighted by Crippen LogP contribution is 2.19. The number of benzene rings is 1. The molecule has 1 amide bonds. The van der Waals surface area contributed by atoms with Crippen LogP contribution in [0.15, 0.2) is 34.7 Å². The Labute approximate surface area is 123 Å². The molecule has 0 N–H and O–H groups in total. The van der Waals surface area contributed by atoms with Gasteiger partial charge in [-0.1, -0.05) is 13.0 Å². The molecule has 21 heavy (non-hydrogen) atoms. The van der Waals surface area contributed by atoms with Crippen LogP contribution in [0.4, 0.5) is 4.39 Å². The predicted octanol–water partition coefficient (Wildman–Crippen LogP) is 3.26. The summed E-state index contributed by atoms with van der Waals surface area (Å²) in [5.41, 5.74) is 0.687. The first-order chi connectivity index (χ1) is 10.0. The fourth-order valence-electron chi connectivity index (χ4n) is 2.02. The molecule has 4 nitrogen and oxygen atoms in total. The van der Waals surface area contributed by atoms with Gasteiger partial charge in [-0.15, -0.1) is 0 Å². The minimum Gasteiger partial charge on any atom is -0.494 e. The summed E-state index contributed by atoms with van der Waals surface area (Å²) >= 11 is 0. The first-order valence-corrected chi connectivity index (χ1v) is 6.71. The van der Waals surface area contributed by atoms with E-state index in [1.54, 1.807) is 31.3 Å². The van der Waals surface area contributed by atoms with Crippen molar-refractivity contribution in [3.8, 4) is 5.75 Å². The van der Waals surface area contributed by atoms with E-state index in [-0.39, 0.29) is 11.7 Å². The lowest BCUT2D eigenvalue weighted by molar-refractivity contribution is 0.0751. The van der Waals surface area contributed by atoms with Crippen molar-refractivity contribution in [2.75, 3.05) is 14.2 Å². The molecule has 0 fully saturated rings. The van der Waals surface area contributed by atoms with Crippen LogP contribution < -0.4 is 4.74 Å². The van der Waals surface area contributed by atoms with Gasteiger partial charge in [-0.05, 0) is 29.8 Å². The molecule has 0 saturated heterocycles. The largest absolute Gasteiger partial charge is 0.494 e. The summed E-state index contributed by atoms with van der Waals surface area (Å²) in [6, 6.07) is 8.08. The lowest BCUT2D eigenvalue weighted by Gasteiger charge is -2.16. The van der Waals surface area contributed by atoms with Crippen molar-refractivity contribution in [3.63, 3.8) is 0 Å². The monoisotopic (exact) mass is 291 g/mol. The number of amides is 1. The molecular weight excluding hydrogens is 273 g/mol. The number of hydrogen-bond acceptors (Lipinski definition) is 3. The number of ether oxygens (including phenoxy) is 1. The second-order valence-electron chi connectivity index (χ2n) is 4.75. The highest BCUT2D eigenvalue weighted by atomic mass is 19.1. The van der Waals surface area contributed by atoms with E-state index < -0.39 is 5.82 Å². The van der Waals surface area contributed by atoms with Gasteiger partial charge in [0.1, 0.15) is 5.76 Å². The molecule has 0 saturated carbocycles. The molecule has 0 aliphatic rings. The van der Waals surface area contributed by atoms with Gasteiger partial charge in [-0.25, -0.2) is 4.39 Å². The number of carbonyl (C=O) groups excluding carboxylic acids is 1. The van der Waals surface area contributed by atoms with Gasteiger partial charge < -0.3 is 14.1 Å². The Morgan fingerprint density at radius 1 is 1.33 bits per heavy atom. The highest BCUT2D eigenvalue weighted by Gasteiger charge is 2.16. The molecule has 0 aliphatic carbocycles. The van der Waals surface area contributed by atoms with Crippen LogP contribution in [0.1, 0.15) is 28.8 Å². The molecule has 0 spiro atoms. The zero-order valence-corrected chi connectivity index (χ0v) is 12.4. The van der Waals surface area contributed by atoms with E-state index in [9.17, 15) is 9.18 Å². The van der Waals surface area contributed by atoms with Gasteiger partial charge in [0.15, 0.2) is 17.3 Å². The molecule has 1 aromatic carbocycles. The van der Waals surface area contributed by atoms with Crippen LogP contribution in [-0.2, 0) is 13.0 Å². The van der Waals surface area contributed by atoms with Crippen LogP contribution in [0.3, 0.4) is 0 Å². The number of aryl methyl sites for hydroxylation is 1. The lowest BCUT2D eigenvalue weighted by Crippen LogP contribution is -2.25. The quantitative estimate of drug-likeness (QED) is 0.849. The summed E-state index contributed by atoms with van der Waals surface area (Å²) in [7, 11) is 3.06. The Hall–Kier alpha value is -2.30. The van der Waals surface area contributed by atoms with Gasteiger partial charge in [-0.3, -0.25) is 4.79 Å². The Kier molecular flexibility index (Phi) is 4.62. The fraction of sp³-hybridized carbons (Fsp3) is 0.312. The number of furan rings is 1. The van der Waals surface area contributed by atoms with Crippen LogP contribution in [0.25, 0.3) is 0 Å². The number of nitrogens with zero attached hydrogens (tertiary/aromatic N) is 1. The van der Waals surface area contributed by atoms with Crippen LogP contribution in [-0.4, -0.2) is 25.0 Å². The zero-order valence-electron chi connectivity index (χ0n) is 12.4. The van der Waals surface area contributed by atoms with Crippen molar-refractivity contribution in [3.05, 3.63) is 53.2 Å². The molecule has 112 valence electrons. The van der Waals surface area contributed by atoms with Crippen LogP contribution in [0, 0.1) is 5.82 Å². The summed E-state index contributed by atoms with van der Waals surface area (Å²) in [5, 5.41) is 0. The first-order valence-electron chi connectivity index (χ1n) is 6.71. The zero-order chi connectivity index (χ0) is 15.4. The van der Waals surface area contributed by atoms with Gasteiger partial charge in [0.05, 0.1) is 7.11 Å². The number of rotatable bonds is 5. The minimum absolute atomic E-state index is 0.186. The van der Waals surface area contributed by atoms with Crippen LogP contribution in [0.5, 0.6) is 5.75 Å². The number of hydrogen-bond donors (Lipinski definition) is 0. The predicted molar refractivity (Wildman–Crippen MR) is 76.8 cm³/mol. The molecule has 1 heterocycles. The maximum atomic E-state index is 13.6. The van der Waals surface area contributed by atoms with E-state index in [1.807, 2.05) is 6.92 Å². The average Bonchev–Trinajstić information content (AvgIpc) is 2.95. The van der Waals surface area contributed by atoms with Gasteiger partial charge >= 0.3 is 0 Å². The average molecular weight is 291 g/mol. The van der Waals surface area contributed by atoms with Crippen molar-refractivity contribution < 1.29 is 18.3 Å². The third-order valence-electron chi connectivity index (χ3n) is 3.20. The first kappa shape index (κ1) is 15.1. The summed E-state index contributed by atoms with van der Waals surface area (Å²) in [4.78, 5) is 13.7. The van der Waals surface area contributed by atoms with Crippen molar-refractivity contribution in [2.45, 2.75) is 19.9 Å². The molecular formula is C16H18FNO3. The second kappa shape index (κ2) is 6.43. The van der Waals surface area contributed by atoms with E-state index in [2.05, 4.69) is 0 Å². The molecule has 0 aliphatic heterocycles. The van der Waals surface area contributed by atoms with Gasteiger partial charge in [0.25, 0.3) is 5.91 Å². The van der Waals surface area contributed by atoms with Crippen molar-refractivity contribution >= 4 is 5.91 Å². The maximum absolute atomic E-state index is 13.6. The van der Waals surface area contributed by atoms with E-state index in [0.29, 0.717) is 17.9 Å². The number of halogens is 1. The second-order valence-corrected chi connectivity index (χ2v) is 4.75. The van der Waals surface area contributed by atoms with Gasteiger partial charge in [0, 0.05) is 20.0 Å². The Morgan fingerprint density at radius 2 is 2.10 bits per heavy atom. The van der Waals surface area contributed by atoms with E-state index >= 15 is 0 Å². The van der Waals surface area contributed by atoms with Gasteiger partial charge in [-0.2, -0.15) is 0 Å². The molecule has 1 aromatic heterocycles. The van der Waals surface area contributed by atoms with E-state index in [1.165, 1.54) is 18.1 Å². The minimum atomic E-state index is -0.442. The Balaban J connectivity index is 2.08. The summed E-state index contributed by atoms with van der Waals surface area (Å²) in [5.74, 6) is 0.574. The molecule has 0 radical (unpaired) electrons. The molecule has 5 heteroatoms. The molecule has 0 bridgehead atoms. The summed E-state index contributed by atoms with van der Waals surface area (Å²) < 4.78 is 23.9. The third kappa shape index (κ3) is 3.42. The van der Waals surface area contributed by atoms with E-state index in [0.717, 1.165) is 12.2 Å². The maximum Gasteiger partial charge on any atom is 0.289 e. The molecule has 2 rings (SSSR count). The summed E-state index contributed by atoms with van der Waals surface area (Å²) in [6.45, 7) is 2.25. The normalized spacial score (nSPS) is 10.5. The van der Waals surface area contributed by atoms with E-state index in [4.69, 9.17) is 9.15 Å². The fourth-order valence-corrected chi connectivity index (χ4v) is 2.02. The van der Waals surface area contributed by atoms with Crippen LogP contribution >= 0.6 is 0 Å². The molecule has 0 atom stereocenters.